The van der Waals surface area contributed by atoms with Crippen molar-refractivity contribution in [2.24, 2.45) is 5.73 Å². The van der Waals surface area contributed by atoms with Crippen LogP contribution in [0.25, 0.3) is 0 Å². The van der Waals surface area contributed by atoms with Crippen LogP contribution in [0.1, 0.15) is 27.2 Å². The van der Waals surface area contributed by atoms with Gasteiger partial charge in [-0.2, -0.15) is 5.26 Å². The number of nitriles is 1. The maximum atomic E-state index is 14.0. The van der Waals surface area contributed by atoms with E-state index in [1.807, 2.05) is 0 Å². The number of nitrogens with two attached hydrogens (primary N) is 1. The number of nitrogens with zero attached hydrogens (tertiary/aromatic N) is 2. The third-order valence-corrected chi connectivity index (χ3v) is 2.56. The average molecular weight is 243 g/mol. The summed E-state index contributed by atoms with van der Waals surface area (Å²) in [7, 11) is 0. The molecule has 0 bridgehead atoms. The molecule has 5 nitrogen and oxygen atoms in total. The second kappa shape index (κ2) is 4.49. The van der Waals surface area contributed by atoms with Gasteiger partial charge >= 0.3 is 6.09 Å². The van der Waals surface area contributed by atoms with Crippen LogP contribution in [0, 0.1) is 11.3 Å². The first-order chi connectivity index (χ1) is 7.68. The fourth-order valence-electron chi connectivity index (χ4n) is 1.60. The lowest BCUT2D eigenvalue weighted by Gasteiger charge is -2.37. The molecule has 0 aromatic carbocycles. The Morgan fingerprint density at radius 2 is 2.24 bits per heavy atom. The molecule has 2 N–H and O–H groups in total. The first-order valence-corrected chi connectivity index (χ1v) is 5.51. The van der Waals surface area contributed by atoms with Crippen LogP contribution in [0.2, 0.25) is 0 Å². The van der Waals surface area contributed by atoms with E-state index >= 15 is 0 Å². The molecule has 1 saturated heterocycles. The van der Waals surface area contributed by atoms with Crippen molar-refractivity contribution in [1.29, 1.82) is 5.26 Å². The molecule has 1 fully saturated rings. The van der Waals surface area contributed by atoms with Crippen molar-refractivity contribution >= 4 is 6.09 Å². The molecule has 0 aromatic rings. The van der Waals surface area contributed by atoms with Gasteiger partial charge in [0, 0.05) is 6.54 Å². The number of piperidine rings is 1. The second-order valence-corrected chi connectivity index (χ2v) is 5.27. The Kier molecular flexibility index (Phi) is 3.62. The highest BCUT2D eigenvalue weighted by Crippen LogP contribution is 2.25. The molecule has 2 atom stereocenters. The maximum absolute atomic E-state index is 14.0. The Bertz CT molecular complexity index is 348. The fourth-order valence-corrected chi connectivity index (χ4v) is 1.60. The molecule has 1 aliphatic rings. The van der Waals surface area contributed by atoms with Gasteiger partial charge in [-0.25, -0.2) is 9.18 Å². The van der Waals surface area contributed by atoms with E-state index in [4.69, 9.17) is 15.7 Å². The van der Waals surface area contributed by atoms with E-state index in [0.717, 1.165) is 0 Å². The van der Waals surface area contributed by atoms with Crippen molar-refractivity contribution in [1.82, 2.24) is 4.90 Å². The predicted molar refractivity (Wildman–Crippen MR) is 59.9 cm³/mol. The number of carbonyl (C=O) groups is 1. The van der Waals surface area contributed by atoms with Crippen molar-refractivity contribution in [2.75, 3.05) is 13.1 Å². The molecule has 17 heavy (non-hydrogen) atoms. The van der Waals surface area contributed by atoms with Gasteiger partial charge in [-0.15, -0.1) is 0 Å². The Morgan fingerprint density at radius 3 is 2.71 bits per heavy atom. The van der Waals surface area contributed by atoms with Gasteiger partial charge in [-0.1, -0.05) is 0 Å². The van der Waals surface area contributed by atoms with E-state index in [9.17, 15) is 9.18 Å². The van der Waals surface area contributed by atoms with Gasteiger partial charge in [0.2, 0.25) is 5.67 Å². The van der Waals surface area contributed by atoms with Crippen LogP contribution < -0.4 is 5.73 Å². The van der Waals surface area contributed by atoms with Crippen molar-refractivity contribution in [3.05, 3.63) is 0 Å². The Morgan fingerprint density at radius 1 is 1.65 bits per heavy atom. The topological polar surface area (TPSA) is 79.3 Å². The third kappa shape index (κ3) is 3.30. The number of hydrogen-bond acceptors (Lipinski definition) is 4. The van der Waals surface area contributed by atoms with Gasteiger partial charge in [0.15, 0.2) is 0 Å². The summed E-state index contributed by atoms with van der Waals surface area (Å²) in [6.07, 6.45) is -0.356. The summed E-state index contributed by atoms with van der Waals surface area (Å²) in [4.78, 5) is 12.9. The molecule has 0 spiro atoms. The molecule has 6 heteroatoms. The van der Waals surface area contributed by atoms with Gasteiger partial charge in [-0.05, 0) is 27.2 Å². The minimum Gasteiger partial charge on any atom is -0.444 e. The van der Waals surface area contributed by atoms with Gasteiger partial charge < -0.3 is 15.4 Å². The Labute approximate surface area is 100 Å². The van der Waals surface area contributed by atoms with Crippen molar-refractivity contribution in [3.63, 3.8) is 0 Å². The van der Waals surface area contributed by atoms with Gasteiger partial charge in [0.1, 0.15) is 11.7 Å². The lowest BCUT2D eigenvalue weighted by atomic mass is 9.91. The van der Waals surface area contributed by atoms with E-state index in [0.29, 0.717) is 6.54 Å². The molecule has 1 heterocycles. The summed E-state index contributed by atoms with van der Waals surface area (Å²) >= 11 is 0. The molecule has 0 radical (unpaired) electrons. The first-order valence-electron chi connectivity index (χ1n) is 5.51. The molecule has 2 unspecified atom stereocenters. The molecule has 96 valence electrons. The average Bonchev–Trinajstić information content (AvgIpc) is 2.19. The number of carbonyl (C=O) groups excluding carboxylic acids is 1. The van der Waals surface area contributed by atoms with Crippen LogP contribution in [-0.2, 0) is 4.74 Å². The largest absolute Gasteiger partial charge is 0.444 e. The van der Waals surface area contributed by atoms with Crippen molar-refractivity contribution in [2.45, 2.75) is 44.5 Å². The van der Waals surface area contributed by atoms with Crippen LogP contribution in [0.3, 0.4) is 0 Å². The molecule has 0 saturated carbocycles. The Hall–Kier alpha value is -1.35. The highest BCUT2D eigenvalue weighted by molar-refractivity contribution is 5.68. The normalized spacial score (nSPS) is 29.6. The van der Waals surface area contributed by atoms with E-state index in [-0.39, 0.29) is 13.0 Å². The zero-order valence-corrected chi connectivity index (χ0v) is 10.4. The summed E-state index contributed by atoms with van der Waals surface area (Å²) in [6, 6.07) is 0.681. The lowest BCUT2D eigenvalue weighted by Crippen LogP contribution is -2.58. The minimum atomic E-state index is -2.19. The second-order valence-electron chi connectivity index (χ2n) is 5.27. The summed E-state index contributed by atoms with van der Waals surface area (Å²) in [5, 5.41) is 8.77. The van der Waals surface area contributed by atoms with E-state index < -0.39 is 23.4 Å². The molecule has 1 amide bonds. The van der Waals surface area contributed by atoms with Crippen LogP contribution >= 0.6 is 0 Å². The molecular weight excluding hydrogens is 225 g/mol. The van der Waals surface area contributed by atoms with Crippen molar-refractivity contribution in [3.8, 4) is 6.07 Å². The summed E-state index contributed by atoms with van der Waals surface area (Å²) < 4.78 is 19.1. The predicted octanol–water partition coefficient (Wildman–Crippen LogP) is 1.19. The number of ether oxygens (including phenoxy) is 1. The van der Waals surface area contributed by atoms with E-state index in [2.05, 4.69) is 0 Å². The fraction of sp³-hybridized carbons (Fsp3) is 0.818. The standard InChI is InChI=1S/C11H18FN3O2/c1-10(2,3)17-9(16)15-5-4-8(14)11(12,6-13)7-15/h8H,4-5,7,14H2,1-3H3. The highest BCUT2D eigenvalue weighted by Gasteiger charge is 2.44. The number of alkyl halides is 1. The SMILES string of the molecule is CC(C)(C)OC(=O)N1CCC(N)C(F)(C#N)C1. The summed E-state index contributed by atoms with van der Waals surface area (Å²) in [5.74, 6) is 0. The number of rotatable bonds is 0. The number of likely N-dealkylation sites (tertiary alicyclic amines) is 1. The monoisotopic (exact) mass is 243 g/mol. The zero-order chi connectivity index (χ0) is 13.3. The molecular formula is C11H18FN3O2. The number of hydrogen-bond donors (Lipinski definition) is 1. The zero-order valence-electron chi connectivity index (χ0n) is 10.4. The highest BCUT2D eigenvalue weighted by atomic mass is 19.1. The molecule has 1 rings (SSSR count). The summed E-state index contributed by atoms with van der Waals surface area (Å²) in [5.41, 5.74) is 2.72. The molecule has 0 aromatic heterocycles. The van der Waals surface area contributed by atoms with Gasteiger partial charge in [0.25, 0.3) is 0 Å². The van der Waals surface area contributed by atoms with Crippen LogP contribution in [0.5, 0.6) is 0 Å². The van der Waals surface area contributed by atoms with E-state index in [1.165, 1.54) is 11.0 Å². The number of amides is 1. The molecule has 1 aliphatic heterocycles. The lowest BCUT2D eigenvalue weighted by molar-refractivity contribution is 0.00173. The first kappa shape index (κ1) is 13.7. The quantitative estimate of drug-likeness (QED) is 0.693. The van der Waals surface area contributed by atoms with Crippen LogP contribution in [-0.4, -0.2) is 41.4 Å². The van der Waals surface area contributed by atoms with Gasteiger partial charge in [0.05, 0.1) is 12.6 Å². The molecule has 0 aliphatic carbocycles. The summed E-state index contributed by atoms with van der Waals surface area (Å²) in [6.45, 7) is 5.16. The Balaban J connectivity index is 2.70. The van der Waals surface area contributed by atoms with Crippen LogP contribution in [0.15, 0.2) is 0 Å². The third-order valence-electron chi connectivity index (χ3n) is 2.56. The van der Waals surface area contributed by atoms with Crippen LogP contribution in [0.4, 0.5) is 9.18 Å². The smallest absolute Gasteiger partial charge is 0.410 e. The maximum Gasteiger partial charge on any atom is 0.410 e. The van der Waals surface area contributed by atoms with E-state index in [1.54, 1.807) is 20.8 Å². The number of halogens is 1. The van der Waals surface area contributed by atoms with Crippen molar-refractivity contribution < 1.29 is 13.9 Å². The minimum absolute atomic E-state index is 0.253. The van der Waals surface area contributed by atoms with Gasteiger partial charge in [-0.3, -0.25) is 0 Å².